The fraction of sp³-hybridized carbons (Fsp3) is 0.682. The lowest BCUT2D eigenvalue weighted by Gasteiger charge is -2.37. The molecule has 1 amide bonds. The van der Waals surface area contributed by atoms with Crippen LogP contribution in [0.3, 0.4) is 0 Å². The first kappa shape index (κ1) is 26.1. The second kappa shape index (κ2) is 10.8. The standard InChI is InChI=1S/C22H35N3O6S2/c1-4-24(5-2)32(27,28)20-8-10-21(11-9-20)33(29,30)25-14-6-7-18(17-25)22(26)23-15-12-19(31-3)13-16-23/h8-11,18-19H,4-7,12-17H2,1-3H3. The highest BCUT2D eigenvalue weighted by Gasteiger charge is 2.36. The predicted molar refractivity (Wildman–Crippen MR) is 125 cm³/mol. The van der Waals surface area contributed by atoms with E-state index >= 15 is 0 Å². The minimum Gasteiger partial charge on any atom is -0.381 e. The molecule has 0 bridgehead atoms. The molecule has 0 N–H and O–H groups in total. The van der Waals surface area contributed by atoms with E-state index in [9.17, 15) is 21.6 Å². The summed E-state index contributed by atoms with van der Waals surface area (Å²) in [4.78, 5) is 15.0. The highest BCUT2D eigenvalue weighted by atomic mass is 32.2. The fourth-order valence-electron chi connectivity index (χ4n) is 4.58. The molecule has 2 heterocycles. The van der Waals surface area contributed by atoms with Crippen molar-refractivity contribution in [2.75, 3.05) is 46.4 Å². The van der Waals surface area contributed by atoms with Gasteiger partial charge in [0.1, 0.15) is 0 Å². The number of hydrogen-bond acceptors (Lipinski definition) is 6. The minimum atomic E-state index is -3.83. The Balaban J connectivity index is 1.71. The molecule has 186 valence electrons. The molecule has 1 aromatic rings. The zero-order valence-electron chi connectivity index (χ0n) is 19.6. The smallest absolute Gasteiger partial charge is 0.243 e. The van der Waals surface area contributed by atoms with Gasteiger partial charge in [0.25, 0.3) is 0 Å². The first-order valence-corrected chi connectivity index (χ1v) is 14.4. The van der Waals surface area contributed by atoms with Gasteiger partial charge in [-0.1, -0.05) is 13.8 Å². The van der Waals surface area contributed by atoms with Crippen LogP contribution in [0.25, 0.3) is 0 Å². The van der Waals surface area contributed by atoms with Crippen molar-refractivity contribution in [2.24, 2.45) is 5.92 Å². The zero-order chi connectivity index (χ0) is 24.2. The second-order valence-corrected chi connectivity index (χ2v) is 12.4. The van der Waals surface area contributed by atoms with Gasteiger partial charge in [0.2, 0.25) is 26.0 Å². The molecule has 11 heteroatoms. The quantitative estimate of drug-likeness (QED) is 0.538. The average molecular weight is 502 g/mol. The van der Waals surface area contributed by atoms with E-state index in [1.165, 1.54) is 32.9 Å². The van der Waals surface area contributed by atoms with Crippen LogP contribution >= 0.6 is 0 Å². The first-order chi connectivity index (χ1) is 15.6. The Hall–Kier alpha value is -1.53. The number of benzene rings is 1. The van der Waals surface area contributed by atoms with Gasteiger partial charge >= 0.3 is 0 Å². The summed E-state index contributed by atoms with van der Waals surface area (Å²) in [6, 6.07) is 5.36. The molecular weight excluding hydrogens is 466 g/mol. The van der Waals surface area contributed by atoms with Crippen LogP contribution < -0.4 is 0 Å². The maximum absolute atomic E-state index is 13.2. The molecule has 33 heavy (non-hydrogen) atoms. The minimum absolute atomic E-state index is 0.00474. The third-order valence-corrected chi connectivity index (χ3v) is 10.6. The van der Waals surface area contributed by atoms with E-state index in [4.69, 9.17) is 4.74 Å². The number of rotatable bonds is 8. The summed E-state index contributed by atoms with van der Waals surface area (Å²) in [5.41, 5.74) is 0. The third kappa shape index (κ3) is 5.59. The fourth-order valence-corrected chi connectivity index (χ4v) is 7.56. The summed E-state index contributed by atoms with van der Waals surface area (Å²) in [6.07, 6.45) is 3.03. The van der Waals surface area contributed by atoms with Gasteiger partial charge in [-0.05, 0) is 49.9 Å². The van der Waals surface area contributed by atoms with E-state index < -0.39 is 20.0 Å². The van der Waals surface area contributed by atoms with E-state index in [1.807, 2.05) is 4.90 Å². The number of carbonyl (C=O) groups is 1. The van der Waals surface area contributed by atoms with Gasteiger partial charge in [-0.25, -0.2) is 16.8 Å². The number of likely N-dealkylation sites (tertiary alicyclic amines) is 1. The Morgan fingerprint density at radius 1 is 0.970 bits per heavy atom. The number of piperidine rings is 2. The van der Waals surface area contributed by atoms with E-state index in [0.29, 0.717) is 45.6 Å². The molecule has 1 atom stereocenters. The van der Waals surface area contributed by atoms with Crippen molar-refractivity contribution in [3.8, 4) is 0 Å². The topological polar surface area (TPSA) is 104 Å². The van der Waals surface area contributed by atoms with Crippen molar-refractivity contribution in [3.63, 3.8) is 0 Å². The van der Waals surface area contributed by atoms with E-state index in [-0.39, 0.29) is 34.3 Å². The number of sulfonamides is 2. The number of carbonyl (C=O) groups excluding carboxylic acids is 1. The number of hydrogen-bond donors (Lipinski definition) is 0. The molecule has 0 spiro atoms. The Kier molecular flexibility index (Phi) is 8.55. The molecule has 2 aliphatic heterocycles. The van der Waals surface area contributed by atoms with Crippen molar-refractivity contribution in [1.82, 2.24) is 13.5 Å². The van der Waals surface area contributed by atoms with Crippen LogP contribution in [0.5, 0.6) is 0 Å². The van der Waals surface area contributed by atoms with Gasteiger partial charge in [-0.15, -0.1) is 0 Å². The summed E-state index contributed by atoms with van der Waals surface area (Å²) in [7, 11) is -5.81. The first-order valence-electron chi connectivity index (χ1n) is 11.6. The van der Waals surface area contributed by atoms with Crippen molar-refractivity contribution in [1.29, 1.82) is 0 Å². The zero-order valence-corrected chi connectivity index (χ0v) is 21.3. The van der Waals surface area contributed by atoms with E-state index in [2.05, 4.69) is 0 Å². The molecule has 0 radical (unpaired) electrons. The van der Waals surface area contributed by atoms with Crippen LogP contribution in [0.1, 0.15) is 39.5 Å². The molecule has 1 aromatic carbocycles. The lowest BCUT2D eigenvalue weighted by molar-refractivity contribution is -0.139. The summed E-state index contributed by atoms with van der Waals surface area (Å²) in [5.74, 6) is -0.361. The van der Waals surface area contributed by atoms with Crippen LogP contribution in [-0.2, 0) is 29.6 Å². The molecule has 2 aliphatic rings. The van der Waals surface area contributed by atoms with Crippen molar-refractivity contribution >= 4 is 26.0 Å². The van der Waals surface area contributed by atoms with E-state index in [0.717, 1.165) is 12.8 Å². The Labute approximate surface area is 197 Å². The Bertz CT molecular complexity index is 1010. The lowest BCUT2D eigenvalue weighted by Crippen LogP contribution is -2.49. The maximum Gasteiger partial charge on any atom is 0.243 e. The second-order valence-electron chi connectivity index (χ2n) is 8.52. The molecule has 2 fully saturated rings. The van der Waals surface area contributed by atoms with Gasteiger partial charge < -0.3 is 9.64 Å². The van der Waals surface area contributed by atoms with Gasteiger partial charge in [0, 0.05) is 46.4 Å². The van der Waals surface area contributed by atoms with Crippen molar-refractivity contribution < 1.29 is 26.4 Å². The van der Waals surface area contributed by atoms with Crippen LogP contribution in [0.15, 0.2) is 34.1 Å². The number of ether oxygens (including phenoxy) is 1. The van der Waals surface area contributed by atoms with Crippen LogP contribution in [-0.4, -0.2) is 88.7 Å². The lowest BCUT2D eigenvalue weighted by atomic mass is 9.96. The van der Waals surface area contributed by atoms with Crippen molar-refractivity contribution in [2.45, 2.75) is 55.4 Å². The predicted octanol–water partition coefficient (Wildman–Crippen LogP) is 1.76. The third-order valence-electron chi connectivity index (χ3n) is 6.63. The van der Waals surface area contributed by atoms with Gasteiger partial charge in [0.05, 0.1) is 21.8 Å². The molecule has 3 rings (SSSR count). The van der Waals surface area contributed by atoms with Gasteiger partial charge in [-0.3, -0.25) is 4.79 Å². The number of methoxy groups -OCH3 is 1. The molecule has 0 aromatic heterocycles. The van der Waals surface area contributed by atoms with Crippen LogP contribution in [0.2, 0.25) is 0 Å². The largest absolute Gasteiger partial charge is 0.381 e. The average Bonchev–Trinajstić information content (AvgIpc) is 2.84. The van der Waals surface area contributed by atoms with Crippen LogP contribution in [0, 0.1) is 5.92 Å². The summed E-state index contributed by atoms with van der Waals surface area (Å²) >= 11 is 0. The SMILES string of the molecule is CCN(CC)S(=O)(=O)c1ccc(S(=O)(=O)N2CCCC(C(=O)N3CCC(OC)CC3)C2)cc1. The van der Waals surface area contributed by atoms with Gasteiger partial charge in [-0.2, -0.15) is 8.61 Å². The molecule has 0 aliphatic carbocycles. The molecule has 2 saturated heterocycles. The summed E-state index contributed by atoms with van der Waals surface area (Å²) in [5, 5.41) is 0. The molecule has 9 nitrogen and oxygen atoms in total. The monoisotopic (exact) mass is 501 g/mol. The highest BCUT2D eigenvalue weighted by molar-refractivity contribution is 7.89. The Morgan fingerprint density at radius 3 is 2.09 bits per heavy atom. The summed E-state index contributed by atoms with van der Waals surface area (Å²) in [6.45, 7) is 5.94. The molecular formula is C22H35N3O6S2. The summed E-state index contributed by atoms with van der Waals surface area (Å²) < 4.78 is 59.9. The van der Waals surface area contributed by atoms with Gasteiger partial charge in [0.15, 0.2) is 0 Å². The van der Waals surface area contributed by atoms with Crippen molar-refractivity contribution in [3.05, 3.63) is 24.3 Å². The number of nitrogens with zero attached hydrogens (tertiary/aromatic N) is 3. The van der Waals surface area contributed by atoms with E-state index in [1.54, 1.807) is 21.0 Å². The maximum atomic E-state index is 13.2. The highest BCUT2D eigenvalue weighted by Crippen LogP contribution is 2.27. The molecule has 1 unspecified atom stereocenters. The normalized spacial score (nSPS) is 21.5. The molecule has 0 saturated carbocycles. The Morgan fingerprint density at radius 2 is 1.55 bits per heavy atom. The number of amides is 1. The van der Waals surface area contributed by atoms with Crippen LogP contribution in [0.4, 0.5) is 0 Å².